The van der Waals surface area contributed by atoms with Gasteiger partial charge < -0.3 is 19.9 Å². The summed E-state index contributed by atoms with van der Waals surface area (Å²) in [6, 6.07) is 7.07. The van der Waals surface area contributed by atoms with Gasteiger partial charge in [-0.05, 0) is 25.0 Å². The van der Waals surface area contributed by atoms with E-state index in [4.69, 9.17) is 4.74 Å². The van der Waals surface area contributed by atoms with Crippen molar-refractivity contribution in [3.05, 3.63) is 24.3 Å². The van der Waals surface area contributed by atoms with E-state index in [0.29, 0.717) is 50.5 Å². The second-order valence-corrected chi connectivity index (χ2v) is 6.20. The number of nitrogens with one attached hydrogen (secondary N) is 1. The number of amides is 3. The number of ether oxygens (including phenoxy) is 1. The van der Waals surface area contributed by atoms with Gasteiger partial charge in [0, 0.05) is 37.9 Å². The Morgan fingerprint density at radius 1 is 1.21 bits per heavy atom. The molecule has 1 heterocycles. The van der Waals surface area contributed by atoms with Crippen LogP contribution in [0.15, 0.2) is 24.3 Å². The Hall–Kier alpha value is -2.57. The van der Waals surface area contributed by atoms with Crippen molar-refractivity contribution in [1.29, 1.82) is 0 Å². The maximum Gasteiger partial charge on any atom is 0.240 e. The van der Waals surface area contributed by atoms with E-state index in [2.05, 4.69) is 5.32 Å². The average Bonchev–Trinajstić information content (AvgIpc) is 3.43. The second-order valence-electron chi connectivity index (χ2n) is 6.20. The van der Waals surface area contributed by atoms with Crippen LogP contribution in [0.1, 0.15) is 12.8 Å². The molecule has 2 aliphatic rings. The van der Waals surface area contributed by atoms with Crippen LogP contribution in [0.25, 0.3) is 0 Å². The highest BCUT2D eigenvalue weighted by Gasteiger charge is 2.58. The van der Waals surface area contributed by atoms with Crippen LogP contribution in [0, 0.1) is 5.41 Å². The normalized spacial score (nSPS) is 18.7. The van der Waals surface area contributed by atoms with Crippen LogP contribution in [0.2, 0.25) is 0 Å². The van der Waals surface area contributed by atoms with Crippen LogP contribution >= 0.6 is 0 Å². The van der Waals surface area contributed by atoms with E-state index in [1.54, 1.807) is 41.2 Å². The Balaban J connectivity index is 1.65. The molecule has 1 aliphatic heterocycles. The highest BCUT2D eigenvalue weighted by molar-refractivity contribution is 6.13. The van der Waals surface area contributed by atoms with Crippen molar-refractivity contribution < 1.29 is 19.1 Å². The molecular weight excluding hydrogens is 310 g/mol. The molecule has 1 N–H and O–H groups in total. The van der Waals surface area contributed by atoms with Crippen molar-refractivity contribution in [3.8, 4) is 5.75 Å². The molecule has 7 heteroatoms. The standard InChI is InChI=1S/C17H21N3O4/c1-24-14-4-2-3-13(11-14)18-15(22)17(5-6-17)16(23)20-9-7-19(12-21)8-10-20/h2-4,11-12H,5-10H2,1H3,(H,18,22). The highest BCUT2D eigenvalue weighted by Crippen LogP contribution is 2.48. The average molecular weight is 331 g/mol. The molecule has 1 saturated carbocycles. The molecule has 1 saturated heterocycles. The van der Waals surface area contributed by atoms with E-state index >= 15 is 0 Å². The number of hydrogen-bond acceptors (Lipinski definition) is 4. The van der Waals surface area contributed by atoms with Gasteiger partial charge in [-0.1, -0.05) is 6.07 Å². The SMILES string of the molecule is COc1cccc(NC(=O)C2(C(=O)N3CCN(C=O)CC3)CC2)c1. The summed E-state index contributed by atoms with van der Waals surface area (Å²) in [5.41, 5.74) is -0.337. The molecule has 7 nitrogen and oxygen atoms in total. The maximum absolute atomic E-state index is 12.8. The first-order valence-corrected chi connectivity index (χ1v) is 8.03. The van der Waals surface area contributed by atoms with E-state index in [1.165, 1.54) is 0 Å². The summed E-state index contributed by atoms with van der Waals surface area (Å²) in [7, 11) is 1.56. The van der Waals surface area contributed by atoms with Crippen molar-refractivity contribution in [2.45, 2.75) is 12.8 Å². The Labute approximate surface area is 140 Å². The zero-order chi connectivity index (χ0) is 17.2. The molecule has 0 aromatic heterocycles. The number of rotatable bonds is 5. The summed E-state index contributed by atoms with van der Waals surface area (Å²) in [6.45, 7) is 1.99. The van der Waals surface area contributed by atoms with Gasteiger partial charge in [0.25, 0.3) is 0 Å². The van der Waals surface area contributed by atoms with E-state index in [1.807, 2.05) is 0 Å². The summed E-state index contributed by atoms with van der Waals surface area (Å²) in [5, 5.41) is 2.83. The molecule has 0 unspecified atom stereocenters. The number of methoxy groups -OCH3 is 1. The van der Waals surface area contributed by atoms with Crippen LogP contribution in [0.5, 0.6) is 5.75 Å². The molecule has 1 aromatic rings. The topological polar surface area (TPSA) is 79.0 Å². The predicted molar refractivity (Wildman–Crippen MR) is 87.5 cm³/mol. The lowest BCUT2D eigenvalue weighted by atomic mass is 10.0. The number of piperazine rings is 1. The zero-order valence-electron chi connectivity index (χ0n) is 13.7. The van der Waals surface area contributed by atoms with Crippen LogP contribution in [-0.4, -0.2) is 61.3 Å². The monoisotopic (exact) mass is 331 g/mol. The van der Waals surface area contributed by atoms with Gasteiger partial charge >= 0.3 is 0 Å². The summed E-state index contributed by atoms with van der Waals surface area (Å²) < 4.78 is 5.14. The van der Waals surface area contributed by atoms with E-state index < -0.39 is 5.41 Å². The Morgan fingerprint density at radius 2 is 1.92 bits per heavy atom. The second kappa shape index (κ2) is 6.51. The summed E-state index contributed by atoms with van der Waals surface area (Å²) in [4.78, 5) is 39.5. The fourth-order valence-electron chi connectivity index (χ4n) is 2.95. The third-order valence-corrected chi connectivity index (χ3v) is 4.67. The molecule has 3 amide bonds. The van der Waals surface area contributed by atoms with Gasteiger partial charge in [-0.3, -0.25) is 14.4 Å². The molecular formula is C17H21N3O4. The fourth-order valence-corrected chi connectivity index (χ4v) is 2.95. The molecule has 0 radical (unpaired) electrons. The maximum atomic E-state index is 12.8. The van der Waals surface area contributed by atoms with Crippen molar-refractivity contribution in [3.63, 3.8) is 0 Å². The van der Waals surface area contributed by atoms with Gasteiger partial charge in [-0.2, -0.15) is 0 Å². The van der Waals surface area contributed by atoms with Crippen molar-refractivity contribution in [1.82, 2.24) is 9.80 Å². The summed E-state index contributed by atoms with van der Waals surface area (Å²) in [5.74, 6) is 0.251. The molecule has 24 heavy (non-hydrogen) atoms. The van der Waals surface area contributed by atoms with Gasteiger partial charge in [-0.15, -0.1) is 0 Å². The molecule has 0 spiro atoms. The number of hydrogen-bond donors (Lipinski definition) is 1. The molecule has 0 bridgehead atoms. The first-order valence-electron chi connectivity index (χ1n) is 8.03. The molecule has 1 aromatic carbocycles. The lowest BCUT2D eigenvalue weighted by Crippen LogP contribution is -2.52. The molecule has 3 rings (SSSR count). The van der Waals surface area contributed by atoms with Crippen LogP contribution in [0.3, 0.4) is 0 Å². The summed E-state index contributed by atoms with van der Waals surface area (Å²) >= 11 is 0. The van der Waals surface area contributed by atoms with Crippen LogP contribution < -0.4 is 10.1 Å². The Bertz CT molecular complexity index is 649. The third-order valence-electron chi connectivity index (χ3n) is 4.67. The third kappa shape index (κ3) is 3.06. The predicted octanol–water partition coefficient (Wildman–Crippen LogP) is 0.714. The Kier molecular flexibility index (Phi) is 4.42. The first-order chi connectivity index (χ1) is 11.6. The van der Waals surface area contributed by atoms with Gasteiger partial charge in [0.05, 0.1) is 7.11 Å². The first kappa shape index (κ1) is 16.3. The minimum atomic E-state index is -0.952. The number of benzene rings is 1. The summed E-state index contributed by atoms with van der Waals surface area (Å²) in [6.07, 6.45) is 1.93. The highest BCUT2D eigenvalue weighted by atomic mass is 16.5. The lowest BCUT2D eigenvalue weighted by molar-refractivity contribution is -0.144. The molecule has 0 atom stereocenters. The number of nitrogens with zero attached hydrogens (tertiary/aromatic N) is 2. The minimum absolute atomic E-state index is 0.131. The molecule has 1 aliphatic carbocycles. The van der Waals surface area contributed by atoms with Gasteiger partial charge in [-0.25, -0.2) is 0 Å². The van der Waals surface area contributed by atoms with Gasteiger partial charge in [0.15, 0.2) is 0 Å². The van der Waals surface area contributed by atoms with Gasteiger partial charge in [0.1, 0.15) is 11.2 Å². The van der Waals surface area contributed by atoms with E-state index in [9.17, 15) is 14.4 Å². The van der Waals surface area contributed by atoms with Crippen LogP contribution in [-0.2, 0) is 14.4 Å². The quantitative estimate of drug-likeness (QED) is 0.637. The van der Waals surface area contributed by atoms with E-state index in [-0.39, 0.29) is 11.8 Å². The molecule has 2 fully saturated rings. The van der Waals surface area contributed by atoms with E-state index in [0.717, 1.165) is 6.41 Å². The van der Waals surface area contributed by atoms with Gasteiger partial charge in [0.2, 0.25) is 18.2 Å². The number of anilines is 1. The Morgan fingerprint density at radius 3 is 2.50 bits per heavy atom. The van der Waals surface area contributed by atoms with Crippen molar-refractivity contribution in [2.24, 2.45) is 5.41 Å². The lowest BCUT2D eigenvalue weighted by Gasteiger charge is -2.34. The van der Waals surface area contributed by atoms with Crippen LogP contribution in [0.4, 0.5) is 5.69 Å². The van der Waals surface area contributed by atoms with Crippen molar-refractivity contribution >= 4 is 23.9 Å². The fraction of sp³-hybridized carbons (Fsp3) is 0.471. The zero-order valence-corrected chi connectivity index (χ0v) is 13.7. The molecule has 128 valence electrons. The number of carbonyl (C=O) groups excluding carboxylic acids is 3. The largest absolute Gasteiger partial charge is 0.497 e. The number of carbonyl (C=O) groups is 3. The van der Waals surface area contributed by atoms with Crippen molar-refractivity contribution in [2.75, 3.05) is 38.6 Å². The smallest absolute Gasteiger partial charge is 0.240 e. The minimum Gasteiger partial charge on any atom is -0.497 e.